The summed E-state index contributed by atoms with van der Waals surface area (Å²) in [4.78, 5) is 17.5. The topological polar surface area (TPSA) is 62.5 Å². The lowest BCUT2D eigenvalue weighted by Crippen LogP contribution is -2.54. The zero-order valence-corrected chi connectivity index (χ0v) is 19.2. The van der Waals surface area contributed by atoms with Crippen molar-refractivity contribution in [2.45, 2.75) is 37.1 Å². The molecule has 0 saturated carbocycles. The second-order valence-corrected chi connectivity index (χ2v) is 10.2. The number of hydrogen-bond donors (Lipinski definition) is 1. The highest BCUT2D eigenvalue weighted by Gasteiger charge is 2.35. The number of aromatic nitrogens is 1. The van der Waals surface area contributed by atoms with Crippen LogP contribution in [0.5, 0.6) is 0 Å². The highest BCUT2D eigenvalue weighted by Crippen LogP contribution is 2.33. The molecule has 31 heavy (non-hydrogen) atoms. The Labute approximate surface area is 189 Å². The Morgan fingerprint density at radius 3 is 2.61 bits per heavy atom. The lowest BCUT2D eigenvalue weighted by Gasteiger charge is -2.37. The van der Waals surface area contributed by atoms with Crippen molar-refractivity contribution in [1.29, 1.82) is 0 Å². The molecule has 2 atom stereocenters. The normalized spacial score (nSPS) is 22.6. The van der Waals surface area contributed by atoms with Crippen molar-refractivity contribution in [2.24, 2.45) is 0 Å². The molecule has 1 N–H and O–H groups in total. The number of piperazine rings is 1. The quantitative estimate of drug-likeness (QED) is 0.553. The molecule has 4 rings (SSSR count). The van der Waals surface area contributed by atoms with Crippen molar-refractivity contribution in [3.63, 3.8) is 0 Å². The van der Waals surface area contributed by atoms with Crippen LogP contribution >= 0.6 is 11.8 Å². The van der Waals surface area contributed by atoms with Gasteiger partial charge in [-0.3, -0.25) is 15.0 Å². The van der Waals surface area contributed by atoms with Crippen molar-refractivity contribution in [3.8, 4) is 0 Å². The molecule has 2 aromatic rings. The fourth-order valence-electron chi connectivity index (χ4n) is 4.32. The second-order valence-electron chi connectivity index (χ2n) is 9.10. The Morgan fingerprint density at radius 1 is 1.16 bits per heavy atom. The van der Waals surface area contributed by atoms with Crippen LogP contribution in [0.3, 0.4) is 0 Å². The average molecular weight is 441 g/mol. The SMILES string of the molecule is CC(C)(CCN1CCN(C(=O)[C@@H]2CSC(c3ccc[n+]([O-])c3)N2)CC1)c1ccccc1. The fourth-order valence-corrected chi connectivity index (χ4v) is 5.53. The number of hydrogen-bond acceptors (Lipinski definition) is 5. The van der Waals surface area contributed by atoms with Crippen LogP contribution < -0.4 is 10.0 Å². The number of carbonyl (C=O) groups is 1. The minimum absolute atomic E-state index is 0.00291. The van der Waals surface area contributed by atoms with Gasteiger partial charge < -0.3 is 10.1 Å². The van der Waals surface area contributed by atoms with Gasteiger partial charge in [-0.1, -0.05) is 44.2 Å². The molecule has 2 saturated heterocycles. The average Bonchev–Trinajstić information content (AvgIpc) is 3.29. The van der Waals surface area contributed by atoms with Crippen molar-refractivity contribution >= 4 is 17.7 Å². The number of thioether (sulfide) groups is 1. The van der Waals surface area contributed by atoms with Gasteiger partial charge in [0.25, 0.3) is 0 Å². The van der Waals surface area contributed by atoms with Gasteiger partial charge in [-0.2, -0.15) is 4.73 Å². The standard InChI is InChI=1S/C24H32N4O2S/c1-24(2,20-8-4-3-5-9-20)10-12-26-13-15-27(16-14-26)23(29)21-18-31-22(25-21)19-7-6-11-28(30)17-19/h3-9,11,17,21-22,25H,10,12-16,18H2,1-2H3/t21-,22?/m0/s1. The molecule has 0 aliphatic carbocycles. The van der Waals surface area contributed by atoms with Crippen LogP contribution in [0.15, 0.2) is 54.9 Å². The summed E-state index contributed by atoms with van der Waals surface area (Å²) in [5.74, 6) is 0.924. The predicted octanol–water partition coefficient (Wildman–Crippen LogP) is 2.54. The van der Waals surface area contributed by atoms with Gasteiger partial charge in [-0.05, 0) is 30.0 Å². The maximum Gasteiger partial charge on any atom is 0.240 e. The lowest BCUT2D eigenvalue weighted by molar-refractivity contribution is -0.605. The van der Waals surface area contributed by atoms with Gasteiger partial charge in [0, 0.05) is 43.6 Å². The molecule has 3 heterocycles. The predicted molar refractivity (Wildman–Crippen MR) is 125 cm³/mol. The maximum atomic E-state index is 13.0. The molecule has 6 nitrogen and oxygen atoms in total. The van der Waals surface area contributed by atoms with E-state index >= 15 is 0 Å². The van der Waals surface area contributed by atoms with E-state index in [0.717, 1.165) is 55.2 Å². The van der Waals surface area contributed by atoms with E-state index < -0.39 is 0 Å². The molecular weight excluding hydrogens is 408 g/mol. The Hall–Kier alpha value is -2.09. The van der Waals surface area contributed by atoms with E-state index in [0.29, 0.717) is 0 Å². The molecule has 2 fully saturated rings. The Bertz CT molecular complexity index is 884. The maximum absolute atomic E-state index is 13.0. The van der Waals surface area contributed by atoms with Gasteiger partial charge in [-0.15, -0.1) is 11.8 Å². The van der Waals surface area contributed by atoms with Gasteiger partial charge >= 0.3 is 0 Å². The van der Waals surface area contributed by atoms with Crippen molar-refractivity contribution in [2.75, 3.05) is 38.5 Å². The molecule has 0 spiro atoms. The Balaban J connectivity index is 1.24. The van der Waals surface area contributed by atoms with E-state index in [-0.39, 0.29) is 22.7 Å². The number of nitrogens with one attached hydrogen (secondary N) is 1. The monoisotopic (exact) mass is 440 g/mol. The van der Waals surface area contributed by atoms with Gasteiger partial charge in [0.2, 0.25) is 5.91 Å². The summed E-state index contributed by atoms with van der Waals surface area (Å²) in [5.41, 5.74) is 2.45. The van der Waals surface area contributed by atoms with Crippen molar-refractivity contribution < 1.29 is 9.52 Å². The molecule has 1 unspecified atom stereocenters. The Kier molecular flexibility index (Phi) is 6.84. The zero-order valence-electron chi connectivity index (χ0n) is 18.4. The highest BCUT2D eigenvalue weighted by atomic mass is 32.2. The molecule has 166 valence electrons. The summed E-state index contributed by atoms with van der Waals surface area (Å²) >= 11 is 1.69. The first-order chi connectivity index (χ1) is 14.9. The summed E-state index contributed by atoms with van der Waals surface area (Å²) < 4.78 is 0.811. The molecule has 7 heteroatoms. The van der Waals surface area contributed by atoms with Crippen LogP contribution in [0, 0.1) is 5.21 Å². The zero-order chi connectivity index (χ0) is 21.8. The van der Waals surface area contributed by atoms with Gasteiger partial charge in [0.1, 0.15) is 0 Å². The third-order valence-corrected chi connectivity index (χ3v) is 7.74. The summed E-state index contributed by atoms with van der Waals surface area (Å²) in [6.07, 6.45) is 4.16. The van der Waals surface area contributed by atoms with E-state index in [1.165, 1.54) is 11.8 Å². The lowest BCUT2D eigenvalue weighted by atomic mass is 9.81. The molecule has 0 bridgehead atoms. The van der Waals surface area contributed by atoms with E-state index in [1.807, 2.05) is 11.0 Å². The first-order valence-corrected chi connectivity index (χ1v) is 12.1. The third kappa shape index (κ3) is 5.40. The number of nitrogens with zero attached hydrogens (tertiary/aromatic N) is 3. The van der Waals surface area contributed by atoms with E-state index in [9.17, 15) is 10.0 Å². The molecule has 0 radical (unpaired) electrons. The van der Waals surface area contributed by atoms with Crippen LogP contribution in [0.4, 0.5) is 0 Å². The molecule has 1 amide bonds. The first kappa shape index (κ1) is 22.1. The van der Waals surface area contributed by atoms with E-state index in [4.69, 9.17) is 0 Å². The summed E-state index contributed by atoms with van der Waals surface area (Å²) in [6, 6.07) is 14.2. The van der Waals surface area contributed by atoms with Crippen LogP contribution in [-0.4, -0.2) is 60.2 Å². The molecule has 2 aliphatic heterocycles. The molecule has 1 aromatic heterocycles. The van der Waals surface area contributed by atoms with Crippen molar-refractivity contribution in [3.05, 3.63) is 71.2 Å². The van der Waals surface area contributed by atoms with Crippen LogP contribution in [0.1, 0.15) is 36.8 Å². The van der Waals surface area contributed by atoms with Crippen LogP contribution in [0.2, 0.25) is 0 Å². The van der Waals surface area contributed by atoms with E-state index in [1.54, 1.807) is 24.0 Å². The smallest absolute Gasteiger partial charge is 0.240 e. The number of rotatable bonds is 6. The second kappa shape index (κ2) is 9.59. The van der Waals surface area contributed by atoms with Crippen LogP contribution in [-0.2, 0) is 10.2 Å². The fraction of sp³-hybridized carbons (Fsp3) is 0.500. The molecule has 2 aliphatic rings. The minimum atomic E-state index is -0.182. The van der Waals surface area contributed by atoms with Crippen LogP contribution in [0.25, 0.3) is 0 Å². The summed E-state index contributed by atoms with van der Waals surface area (Å²) in [6.45, 7) is 9.08. The highest BCUT2D eigenvalue weighted by molar-refractivity contribution is 7.99. The Morgan fingerprint density at radius 2 is 1.90 bits per heavy atom. The minimum Gasteiger partial charge on any atom is -0.619 e. The largest absolute Gasteiger partial charge is 0.619 e. The summed E-state index contributed by atoms with van der Waals surface area (Å²) in [7, 11) is 0. The van der Waals surface area contributed by atoms with Gasteiger partial charge in [0.05, 0.1) is 11.4 Å². The van der Waals surface area contributed by atoms with Gasteiger partial charge in [-0.25, -0.2) is 0 Å². The first-order valence-electron chi connectivity index (χ1n) is 11.1. The number of amides is 1. The number of carbonyl (C=O) groups excluding carboxylic acids is 1. The summed E-state index contributed by atoms with van der Waals surface area (Å²) in [5, 5.41) is 14.9. The van der Waals surface area contributed by atoms with E-state index in [2.05, 4.69) is 54.4 Å². The third-order valence-electron chi connectivity index (χ3n) is 6.47. The number of pyridine rings is 1. The van der Waals surface area contributed by atoms with Gasteiger partial charge in [0.15, 0.2) is 12.4 Å². The van der Waals surface area contributed by atoms with Crippen molar-refractivity contribution in [1.82, 2.24) is 15.1 Å². The molecular formula is C24H32N4O2S. The number of benzene rings is 1. The molecule has 1 aromatic carbocycles.